The number of carbonyl (C=O) groups is 2. The van der Waals surface area contributed by atoms with Crippen molar-refractivity contribution >= 4 is 53.2 Å². The Morgan fingerprint density at radius 2 is 1.66 bits per heavy atom. The third-order valence-electron chi connectivity index (χ3n) is 7.17. The normalized spacial score (nSPS) is 17.6. The van der Waals surface area contributed by atoms with Gasteiger partial charge in [-0.05, 0) is 71.5 Å². The number of amides is 1. The van der Waals surface area contributed by atoms with Crippen LogP contribution in [0.1, 0.15) is 40.7 Å². The van der Waals surface area contributed by atoms with E-state index < -0.39 is 19.2 Å². The molecular formula is C30H34F2NO5P3. The van der Waals surface area contributed by atoms with Crippen LogP contribution in [0.25, 0.3) is 0 Å². The molecule has 0 bridgehead atoms. The molecule has 1 aliphatic rings. The number of hydrogen-bond acceptors (Lipinski definition) is 5. The molecule has 1 amide bonds. The van der Waals surface area contributed by atoms with Crippen LogP contribution in [0, 0.1) is 5.92 Å². The van der Waals surface area contributed by atoms with E-state index in [1.807, 2.05) is 36.4 Å². The Balaban J connectivity index is 1.67. The average Bonchev–Trinajstić information content (AvgIpc) is 3.17. The Bertz CT molecular complexity index is 1480. The Morgan fingerprint density at radius 3 is 2.22 bits per heavy atom. The van der Waals surface area contributed by atoms with Gasteiger partial charge in [-0.2, -0.15) is 8.78 Å². The first kappa shape index (κ1) is 31.3. The van der Waals surface area contributed by atoms with Crippen molar-refractivity contribution in [1.29, 1.82) is 0 Å². The zero-order valence-corrected chi connectivity index (χ0v) is 26.6. The van der Waals surface area contributed by atoms with Gasteiger partial charge in [-0.15, -0.1) is 18.5 Å². The van der Waals surface area contributed by atoms with Crippen LogP contribution < -0.4 is 25.4 Å². The van der Waals surface area contributed by atoms with Crippen LogP contribution in [0.15, 0.2) is 60.7 Å². The van der Waals surface area contributed by atoms with E-state index in [0.717, 1.165) is 27.0 Å². The Kier molecular flexibility index (Phi) is 9.38. The van der Waals surface area contributed by atoms with Gasteiger partial charge in [0.1, 0.15) is 18.6 Å². The van der Waals surface area contributed by atoms with Crippen LogP contribution >= 0.6 is 25.6 Å². The maximum absolute atomic E-state index is 13.9. The van der Waals surface area contributed by atoms with Gasteiger partial charge in [-0.3, -0.25) is 9.59 Å². The third-order valence-corrected chi connectivity index (χ3v) is 9.72. The summed E-state index contributed by atoms with van der Waals surface area (Å²) in [5.41, 5.74) is 2.04. The number of benzene rings is 3. The molecule has 1 aliphatic heterocycles. The molecule has 3 aromatic rings. The molecule has 218 valence electrons. The molecule has 11 heteroatoms. The SMILES string of the molecule is COc1cc(P)c([C@@H]2CN(Cc3ccccc3P(C)(C)=O)C(=O)[C@H]2CC(=O)c2ccc(OC(C)(F)F)cc2)c(P)c1. The number of methoxy groups -OCH3 is 1. The van der Waals surface area contributed by atoms with Gasteiger partial charge in [0, 0.05) is 43.2 Å². The van der Waals surface area contributed by atoms with Crippen molar-refractivity contribution in [3.63, 3.8) is 0 Å². The topological polar surface area (TPSA) is 72.9 Å². The molecule has 4 atom stereocenters. The van der Waals surface area contributed by atoms with Gasteiger partial charge in [0.2, 0.25) is 5.91 Å². The second-order valence-electron chi connectivity index (χ2n) is 10.7. The number of rotatable bonds is 10. The van der Waals surface area contributed by atoms with Crippen LogP contribution in [0.5, 0.6) is 11.5 Å². The average molecular weight is 620 g/mol. The summed E-state index contributed by atoms with van der Waals surface area (Å²) in [4.78, 5) is 29.1. The summed E-state index contributed by atoms with van der Waals surface area (Å²) < 4.78 is 49.4. The lowest BCUT2D eigenvalue weighted by atomic mass is 9.84. The molecule has 4 rings (SSSR count). The minimum absolute atomic E-state index is 0.0589. The van der Waals surface area contributed by atoms with Crippen molar-refractivity contribution in [2.75, 3.05) is 27.0 Å². The molecular weight excluding hydrogens is 585 g/mol. The van der Waals surface area contributed by atoms with Crippen molar-refractivity contribution in [2.45, 2.75) is 31.9 Å². The lowest BCUT2D eigenvalue weighted by Gasteiger charge is -2.22. The fourth-order valence-electron chi connectivity index (χ4n) is 5.35. The maximum Gasteiger partial charge on any atom is 0.394 e. The van der Waals surface area contributed by atoms with Gasteiger partial charge >= 0.3 is 6.11 Å². The fraction of sp³-hybridized carbons (Fsp3) is 0.333. The van der Waals surface area contributed by atoms with Gasteiger partial charge in [-0.1, -0.05) is 24.3 Å². The van der Waals surface area contributed by atoms with Crippen molar-refractivity contribution in [2.24, 2.45) is 5.92 Å². The predicted octanol–water partition coefficient (Wildman–Crippen LogP) is 4.95. The van der Waals surface area contributed by atoms with Gasteiger partial charge in [0.25, 0.3) is 0 Å². The molecule has 0 radical (unpaired) electrons. The summed E-state index contributed by atoms with van der Waals surface area (Å²) >= 11 is 0. The smallest absolute Gasteiger partial charge is 0.394 e. The van der Waals surface area contributed by atoms with E-state index in [1.54, 1.807) is 25.3 Å². The summed E-state index contributed by atoms with van der Waals surface area (Å²) in [5, 5.41) is 2.45. The number of halogens is 2. The van der Waals surface area contributed by atoms with Gasteiger partial charge < -0.3 is 18.9 Å². The number of alkyl halides is 2. The second-order valence-corrected chi connectivity index (χ2v) is 15.1. The predicted molar refractivity (Wildman–Crippen MR) is 165 cm³/mol. The molecule has 6 nitrogen and oxygen atoms in total. The molecule has 2 unspecified atom stereocenters. The summed E-state index contributed by atoms with van der Waals surface area (Å²) in [5.74, 6) is -0.797. The Morgan fingerprint density at radius 1 is 1.05 bits per heavy atom. The largest absolute Gasteiger partial charge is 0.497 e. The van der Waals surface area contributed by atoms with Gasteiger partial charge in [0.15, 0.2) is 5.78 Å². The van der Waals surface area contributed by atoms with Gasteiger partial charge in [0.05, 0.1) is 13.0 Å². The summed E-state index contributed by atoms with van der Waals surface area (Å²) in [7, 11) is 4.40. The van der Waals surface area contributed by atoms with E-state index in [-0.39, 0.29) is 36.3 Å². The number of ketones is 1. The van der Waals surface area contributed by atoms with Crippen molar-refractivity contribution in [3.8, 4) is 11.5 Å². The standard InChI is InChI=1S/C30H34F2NO5P3/c1-30(31,32)38-20-11-9-18(10-12-20)24(34)15-22-23(28-25(39)13-21(37-2)14-26(28)40)17-33(29(22)35)16-19-7-5-6-8-27(19)41(3,4)36/h5-14,22-23H,15-17,39-40H2,1-4H3/t22-,23+/m0/s1. The van der Waals surface area contributed by atoms with Crippen molar-refractivity contribution < 1.29 is 32.4 Å². The van der Waals surface area contributed by atoms with Crippen LogP contribution in [0.2, 0.25) is 0 Å². The first-order chi connectivity index (χ1) is 19.2. The number of likely N-dealkylation sites (tertiary alicyclic amines) is 1. The van der Waals surface area contributed by atoms with E-state index >= 15 is 0 Å². The lowest BCUT2D eigenvalue weighted by molar-refractivity contribution is -0.158. The van der Waals surface area contributed by atoms with Crippen molar-refractivity contribution in [3.05, 3.63) is 77.4 Å². The number of ether oxygens (including phenoxy) is 2. The molecule has 0 spiro atoms. The van der Waals surface area contributed by atoms with Crippen LogP contribution in [-0.2, 0) is 15.9 Å². The molecule has 1 heterocycles. The van der Waals surface area contributed by atoms with E-state index in [9.17, 15) is 22.9 Å². The molecule has 0 aromatic heterocycles. The van der Waals surface area contributed by atoms with Crippen LogP contribution in [-0.4, -0.2) is 49.7 Å². The summed E-state index contributed by atoms with van der Waals surface area (Å²) in [6, 6.07) is 16.7. The summed E-state index contributed by atoms with van der Waals surface area (Å²) in [6.45, 7) is 4.70. The first-order valence-electron chi connectivity index (χ1n) is 13.0. The molecule has 1 saturated heterocycles. The van der Waals surface area contributed by atoms with Crippen LogP contribution in [0.3, 0.4) is 0 Å². The quantitative estimate of drug-likeness (QED) is 0.237. The number of nitrogens with zero attached hydrogens (tertiary/aromatic N) is 1. The van der Waals surface area contributed by atoms with Crippen molar-refractivity contribution in [1.82, 2.24) is 4.90 Å². The molecule has 3 aromatic carbocycles. The molecule has 0 aliphatic carbocycles. The van der Waals surface area contributed by atoms with Gasteiger partial charge in [-0.25, -0.2) is 0 Å². The van der Waals surface area contributed by atoms with E-state index in [0.29, 0.717) is 24.8 Å². The fourth-order valence-corrected chi connectivity index (χ4v) is 7.89. The highest BCUT2D eigenvalue weighted by atomic mass is 31.2. The highest BCUT2D eigenvalue weighted by Crippen LogP contribution is 2.40. The minimum atomic E-state index is -3.34. The zero-order valence-electron chi connectivity index (χ0n) is 23.4. The highest BCUT2D eigenvalue weighted by molar-refractivity contribution is 7.70. The molecule has 41 heavy (non-hydrogen) atoms. The number of Topliss-reactive ketones (excluding diaryl/α,β-unsaturated/α-hetero) is 1. The first-order valence-corrected chi connectivity index (χ1v) is 16.8. The Hall–Kier alpha value is -2.65. The van der Waals surface area contributed by atoms with E-state index in [4.69, 9.17) is 4.74 Å². The lowest BCUT2D eigenvalue weighted by Crippen LogP contribution is -2.29. The Labute approximate surface area is 244 Å². The van der Waals surface area contributed by atoms with E-state index in [2.05, 4.69) is 23.2 Å². The number of carbonyl (C=O) groups excluding carboxylic acids is 2. The minimum Gasteiger partial charge on any atom is -0.497 e. The molecule has 0 N–H and O–H groups in total. The van der Waals surface area contributed by atoms with E-state index in [1.165, 1.54) is 24.3 Å². The highest BCUT2D eigenvalue weighted by Gasteiger charge is 2.43. The summed E-state index contributed by atoms with van der Waals surface area (Å²) in [6.07, 6.45) is -3.41. The maximum atomic E-state index is 13.9. The zero-order chi connectivity index (χ0) is 30.1. The molecule has 1 fully saturated rings. The molecule has 0 saturated carbocycles. The number of hydrogen-bond donors (Lipinski definition) is 0. The van der Waals surface area contributed by atoms with Crippen LogP contribution in [0.4, 0.5) is 8.78 Å². The monoisotopic (exact) mass is 619 g/mol. The third kappa shape index (κ3) is 7.41. The second kappa shape index (κ2) is 12.3.